The monoisotopic (exact) mass is 264 g/mol. The molecule has 0 radical (unpaired) electrons. The van der Waals surface area contributed by atoms with Gasteiger partial charge in [0.2, 0.25) is 0 Å². The van der Waals surface area contributed by atoms with Gasteiger partial charge in [0.15, 0.2) is 5.78 Å². The second-order valence-electron chi connectivity index (χ2n) is 4.62. The number of hydrogen-bond donors (Lipinski definition) is 2. The average molecular weight is 264 g/mol. The molecule has 1 aromatic carbocycles. The summed E-state index contributed by atoms with van der Waals surface area (Å²) in [4.78, 5) is 22.6. The zero-order chi connectivity index (χ0) is 14.3. The van der Waals surface area contributed by atoms with Crippen LogP contribution in [0.4, 0.5) is 0 Å². The molecule has 0 spiro atoms. The van der Waals surface area contributed by atoms with Crippen molar-refractivity contribution in [2.45, 2.75) is 45.4 Å². The number of unbranched alkanes of at least 4 members (excludes halogenated alkanes) is 4. The van der Waals surface area contributed by atoms with Crippen LogP contribution in [0, 0.1) is 0 Å². The number of hydrogen-bond acceptors (Lipinski definition) is 3. The van der Waals surface area contributed by atoms with Crippen LogP contribution in [0.15, 0.2) is 18.2 Å². The van der Waals surface area contributed by atoms with Crippen molar-refractivity contribution < 1.29 is 19.8 Å². The highest BCUT2D eigenvalue weighted by Crippen LogP contribution is 2.20. The number of Topliss-reactive ketones (excluding diaryl/α,β-unsaturated/α-hetero) is 1. The highest BCUT2D eigenvalue weighted by molar-refractivity contribution is 5.98. The lowest BCUT2D eigenvalue weighted by Gasteiger charge is -2.04. The summed E-state index contributed by atoms with van der Waals surface area (Å²) in [6.45, 7) is 2.14. The molecule has 2 N–H and O–H groups in total. The van der Waals surface area contributed by atoms with E-state index < -0.39 is 5.97 Å². The van der Waals surface area contributed by atoms with Crippen LogP contribution >= 0.6 is 0 Å². The smallest absolute Gasteiger partial charge is 0.339 e. The molecule has 0 atom stereocenters. The Bertz CT molecular complexity index is 451. The van der Waals surface area contributed by atoms with E-state index >= 15 is 0 Å². The summed E-state index contributed by atoms with van der Waals surface area (Å²) < 4.78 is 0. The van der Waals surface area contributed by atoms with Crippen LogP contribution in [0.2, 0.25) is 0 Å². The lowest BCUT2D eigenvalue weighted by Crippen LogP contribution is -2.02. The van der Waals surface area contributed by atoms with Crippen molar-refractivity contribution >= 4 is 11.8 Å². The van der Waals surface area contributed by atoms with Gasteiger partial charge in [0, 0.05) is 12.0 Å². The Balaban J connectivity index is 2.53. The van der Waals surface area contributed by atoms with E-state index in [4.69, 9.17) is 5.11 Å². The van der Waals surface area contributed by atoms with Crippen LogP contribution in [0.5, 0.6) is 5.75 Å². The Labute approximate surface area is 113 Å². The van der Waals surface area contributed by atoms with Crippen molar-refractivity contribution in [2.75, 3.05) is 0 Å². The van der Waals surface area contributed by atoms with Gasteiger partial charge >= 0.3 is 5.97 Å². The zero-order valence-electron chi connectivity index (χ0n) is 11.2. The van der Waals surface area contributed by atoms with E-state index in [0.717, 1.165) is 19.3 Å². The van der Waals surface area contributed by atoms with Crippen LogP contribution in [-0.4, -0.2) is 22.0 Å². The minimum atomic E-state index is -1.20. The lowest BCUT2D eigenvalue weighted by atomic mass is 10.0. The first-order valence-electron chi connectivity index (χ1n) is 6.65. The predicted molar refractivity (Wildman–Crippen MR) is 72.8 cm³/mol. The molecule has 0 aliphatic carbocycles. The van der Waals surface area contributed by atoms with E-state index in [0.29, 0.717) is 12.0 Å². The molecular formula is C15H20O4. The molecule has 4 heteroatoms. The Kier molecular flexibility index (Phi) is 6.06. The third-order valence-corrected chi connectivity index (χ3v) is 3.06. The molecule has 0 saturated carbocycles. The molecular weight excluding hydrogens is 244 g/mol. The molecule has 19 heavy (non-hydrogen) atoms. The van der Waals surface area contributed by atoms with Gasteiger partial charge in [-0.05, 0) is 18.6 Å². The largest absolute Gasteiger partial charge is 0.507 e. The normalized spacial score (nSPS) is 10.4. The lowest BCUT2D eigenvalue weighted by molar-refractivity contribution is 0.0693. The maximum absolute atomic E-state index is 11.9. The summed E-state index contributed by atoms with van der Waals surface area (Å²) in [6.07, 6.45) is 5.78. The van der Waals surface area contributed by atoms with E-state index in [9.17, 15) is 14.7 Å². The molecule has 0 unspecified atom stereocenters. The van der Waals surface area contributed by atoms with E-state index in [1.165, 1.54) is 31.0 Å². The summed E-state index contributed by atoms with van der Waals surface area (Å²) in [5, 5.41) is 18.3. The van der Waals surface area contributed by atoms with Crippen LogP contribution < -0.4 is 0 Å². The first-order valence-corrected chi connectivity index (χ1v) is 6.65. The number of carboxylic acid groups (broad SMARTS) is 1. The summed E-state index contributed by atoms with van der Waals surface area (Å²) in [5.41, 5.74) is 0.192. The minimum Gasteiger partial charge on any atom is -0.507 e. The van der Waals surface area contributed by atoms with Crippen molar-refractivity contribution in [3.8, 4) is 5.75 Å². The Morgan fingerprint density at radius 3 is 2.37 bits per heavy atom. The molecule has 0 fully saturated rings. The molecule has 0 aromatic heterocycles. The van der Waals surface area contributed by atoms with Gasteiger partial charge in [0.05, 0.1) is 0 Å². The molecule has 0 heterocycles. The zero-order valence-corrected chi connectivity index (χ0v) is 11.2. The number of rotatable bonds is 8. The maximum Gasteiger partial charge on any atom is 0.339 e. The summed E-state index contributed by atoms with van der Waals surface area (Å²) in [7, 11) is 0. The summed E-state index contributed by atoms with van der Waals surface area (Å²) >= 11 is 0. The highest BCUT2D eigenvalue weighted by Gasteiger charge is 2.12. The molecule has 0 aliphatic heterocycles. The van der Waals surface area contributed by atoms with Gasteiger partial charge in [-0.15, -0.1) is 0 Å². The van der Waals surface area contributed by atoms with E-state index in [1.807, 2.05) is 0 Å². The Morgan fingerprint density at radius 1 is 1.11 bits per heavy atom. The van der Waals surface area contributed by atoms with Gasteiger partial charge < -0.3 is 10.2 Å². The van der Waals surface area contributed by atoms with E-state index in [-0.39, 0.29) is 17.1 Å². The maximum atomic E-state index is 11.9. The molecule has 0 aliphatic rings. The van der Waals surface area contributed by atoms with Crippen molar-refractivity contribution in [2.24, 2.45) is 0 Å². The van der Waals surface area contributed by atoms with E-state index in [2.05, 4.69) is 6.92 Å². The number of ketones is 1. The quantitative estimate of drug-likeness (QED) is 0.555. The van der Waals surface area contributed by atoms with Crippen molar-refractivity contribution in [3.63, 3.8) is 0 Å². The van der Waals surface area contributed by atoms with Crippen LogP contribution in [0.3, 0.4) is 0 Å². The van der Waals surface area contributed by atoms with Crippen molar-refractivity contribution in [1.29, 1.82) is 0 Å². The number of carbonyl (C=O) groups excluding carboxylic acids is 1. The average Bonchev–Trinajstić information content (AvgIpc) is 2.37. The Morgan fingerprint density at radius 2 is 1.79 bits per heavy atom. The first-order chi connectivity index (χ1) is 9.06. The summed E-state index contributed by atoms with van der Waals surface area (Å²) in [5.74, 6) is -1.61. The number of aromatic carboxylic acids is 1. The first kappa shape index (κ1) is 15.2. The fraction of sp³-hybridized carbons (Fsp3) is 0.467. The van der Waals surface area contributed by atoms with Gasteiger partial charge in [-0.1, -0.05) is 38.7 Å². The number of carbonyl (C=O) groups is 2. The van der Waals surface area contributed by atoms with Gasteiger partial charge in [-0.3, -0.25) is 4.79 Å². The molecule has 0 saturated heterocycles. The van der Waals surface area contributed by atoms with Gasteiger partial charge in [0.1, 0.15) is 11.3 Å². The van der Waals surface area contributed by atoms with Crippen LogP contribution in [0.1, 0.15) is 66.2 Å². The van der Waals surface area contributed by atoms with Gasteiger partial charge in [-0.2, -0.15) is 0 Å². The van der Waals surface area contributed by atoms with Gasteiger partial charge in [0.25, 0.3) is 0 Å². The number of aromatic hydroxyl groups is 1. The number of carboxylic acids is 1. The standard InChI is InChI=1S/C15H20O4/c1-2-3-4-5-6-7-13(16)11-8-9-12(15(18)19)14(17)10-11/h8-10,17H,2-7H2,1H3,(H,18,19). The third-order valence-electron chi connectivity index (χ3n) is 3.06. The minimum absolute atomic E-state index is 0.0521. The Hall–Kier alpha value is -1.84. The molecule has 4 nitrogen and oxygen atoms in total. The fourth-order valence-corrected chi connectivity index (χ4v) is 1.92. The van der Waals surface area contributed by atoms with E-state index in [1.54, 1.807) is 0 Å². The topological polar surface area (TPSA) is 74.6 Å². The molecule has 1 rings (SSSR count). The van der Waals surface area contributed by atoms with Crippen molar-refractivity contribution in [1.82, 2.24) is 0 Å². The number of phenols is 1. The van der Waals surface area contributed by atoms with Crippen LogP contribution in [0.25, 0.3) is 0 Å². The van der Waals surface area contributed by atoms with Gasteiger partial charge in [-0.25, -0.2) is 4.79 Å². The fourth-order valence-electron chi connectivity index (χ4n) is 1.92. The van der Waals surface area contributed by atoms with Crippen LogP contribution in [-0.2, 0) is 0 Å². The molecule has 1 aromatic rings. The third kappa shape index (κ3) is 4.73. The molecule has 0 amide bonds. The second kappa shape index (κ2) is 7.56. The molecule has 0 bridgehead atoms. The SMILES string of the molecule is CCCCCCCC(=O)c1ccc(C(=O)O)c(O)c1. The molecule has 104 valence electrons. The highest BCUT2D eigenvalue weighted by atomic mass is 16.4. The number of benzene rings is 1. The second-order valence-corrected chi connectivity index (χ2v) is 4.62. The van der Waals surface area contributed by atoms with Crippen molar-refractivity contribution in [3.05, 3.63) is 29.3 Å². The summed E-state index contributed by atoms with van der Waals surface area (Å²) in [6, 6.07) is 3.96. The predicted octanol–water partition coefficient (Wildman–Crippen LogP) is 3.63.